The van der Waals surface area contributed by atoms with Gasteiger partial charge >= 0.3 is 0 Å². The molecule has 1 aromatic heterocycles. The fourth-order valence-corrected chi connectivity index (χ4v) is 3.53. The number of nitrogens with zero attached hydrogens (tertiary/aromatic N) is 2. The number of hydrogen-bond donors (Lipinski definition) is 2. The second-order valence-electron chi connectivity index (χ2n) is 6.26. The third-order valence-electron chi connectivity index (χ3n) is 4.26. The molecule has 0 spiro atoms. The Bertz CT molecular complexity index is 699. The number of rotatable bonds is 6. The summed E-state index contributed by atoms with van der Waals surface area (Å²) in [4.78, 5) is 9.07. The molecule has 128 valence electrons. The molecule has 0 amide bonds. The lowest BCUT2D eigenvalue weighted by atomic mass is 10.1. The predicted octanol–water partition coefficient (Wildman–Crippen LogP) is 5.10. The number of anilines is 2. The molecule has 4 nitrogen and oxygen atoms in total. The van der Waals surface area contributed by atoms with Crippen LogP contribution in [-0.4, -0.2) is 22.6 Å². The number of aryl methyl sites for hydroxylation is 1. The zero-order chi connectivity index (χ0) is 16.9. The summed E-state index contributed by atoms with van der Waals surface area (Å²) in [5, 5.41) is 8.16. The highest BCUT2D eigenvalue weighted by Crippen LogP contribution is 2.23. The average molecular weight is 365 g/mol. The van der Waals surface area contributed by atoms with Crippen LogP contribution in [0.4, 0.5) is 11.8 Å². The minimum atomic E-state index is 0.507. The van der Waals surface area contributed by atoms with E-state index in [4.69, 9.17) is 23.2 Å². The summed E-state index contributed by atoms with van der Waals surface area (Å²) in [5.74, 6) is 1.56. The maximum atomic E-state index is 6.21. The van der Waals surface area contributed by atoms with Gasteiger partial charge in [0.15, 0.2) is 0 Å². The Morgan fingerprint density at radius 2 is 1.92 bits per heavy atom. The van der Waals surface area contributed by atoms with E-state index in [1.54, 1.807) is 6.07 Å². The molecule has 1 aliphatic carbocycles. The zero-order valence-corrected chi connectivity index (χ0v) is 15.3. The maximum Gasteiger partial charge on any atom is 0.225 e. The van der Waals surface area contributed by atoms with Crippen LogP contribution in [-0.2, 0) is 6.42 Å². The Hall–Kier alpha value is -1.52. The van der Waals surface area contributed by atoms with Crippen molar-refractivity contribution in [1.82, 2.24) is 9.97 Å². The first kappa shape index (κ1) is 17.3. The van der Waals surface area contributed by atoms with Gasteiger partial charge in [-0.25, -0.2) is 4.98 Å². The van der Waals surface area contributed by atoms with Crippen LogP contribution in [0.15, 0.2) is 24.3 Å². The van der Waals surface area contributed by atoms with Gasteiger partial charge in [-0.2, -0.15) is 4.98 Å². The summed E-state index contributed by atoms with van der Waals surface area (Å²) >= 11 is 12.1. The molecule has 0 atom stereocenters. The molecule has 1 heterocycles. The molecule has 6 heteroatoms. The number of halogens is 2. The van der Waals surface area contributed by atoms with Gasteiger partial charge in [-0.1, -0.05) is 42.1 Å². The van der Waals surface area contributed by atoms with Gasteiger partial charge < -0.3 is 10.6 Å². The lowest BCUT2D eigenvalue weighted by Crippen LogP contribution is -2.18. The lowest BCUT2D eigenvalue weighted by Gasteiger charge is -2.14. The molecule has 1 fully saturated rings. The molecule has 3 rings (SSSR count). The van der Waals surface area contributed by atoms with Crippen LogP contribution < -0.4 is 10.6 Å². The summed E-state index contributed by atoms with van der Waals surface area (Å²) in [6, 6.07) is 8.07. The molecular weight excluding hydrogens is 343 g/mol. The van der Waals surface area contributed by atoms with Gasteiger partial charge in [0.25, 0.3) is 0 Å². The van der Waals surface area contributed by atoms with Crippen LogP contribution in [0.5, 0.6) is 0 Å². The summed E-state index contributed by atoms with van der Waals surface area (Å²) in [6.45, 7) is 2.74. The SMILES string of the molecule is Cc1cc(NCCc2ccc(Cl)cc2Cl)nc(NC2CCCC2)n1. The number of nitrogens with one attached hydrogen (secondary N) is 2. The first-order valence-electron chi connectivity index (χ1n) is 8.40. The van der Waals surface area contributed by atoms with Gasteiger partial charge in [0.05, 0.1) is 0 Å². The molecule has 0 bridgehead atoms. The van der Waals surface area contributed by atoms with Crippen molar-refractivity contribution >= 4 is 35.0 Å². The standard InChI is InChI=1S/C18H22Cl2N4/c1-12-10-17(24-18(22-12)23-15-4-2-3-5-15)21-9-8-13-6-7-14(19)11-16(13)20/h6-7,10-11,15H,2-5,8-9H2,1H3,(H2,21,22,23,24). The number of benzene rings is 1. The quantitative estimate of drug-likeness (QED) is 0.748. The molecule has 1 saturated carbocycles. The minimum Gasteiger partial charge on any atom is -0.370 e. The van der Waals surface area contributed by atoms with Crippen LogP contribution in [0, 0.1) is 6.92 Å². The normalized spacial score (nSPS) is 14.8. The highest BCUT2D eigenvalue weighted by atomic mass is 35.5. The van der Waals surface area contributed by atoms with Crippen LogP contribution in [0.25, 0.3) is 0 Å². The van der Waals surface area contributed by atoms with Gasteiger partial charge in [-0.05, 0) is 43.9 Å². The smallest absolute Gasteiger partial charge is 0.225 e. The van der Waals surface area contributed by atoms with Crippen molar-refractivity contribution in [2.24, 2.45) is 0 Å². The van der Waals surface area contributed by atoms with E-state index >= 15 is 0 Å². The molecule has 1 aliphatic rings. The number of hydrogen-bond acceptors (Lipinski definition) is 4. The van der Waals surface area contributed by atoms with Crippen molar-refractivity contribution in [3.8, 4) is 0 Å². The summed E-state index contributed by atoms with van der Waals surface area (Å²) in [5.41, 5.74) is 2.03. The van der Waals surface area contributed by atoms with E-state index in [0.717, 1.165) is 30.0 Å². The van der Waals surface area contributed by atoms with E-state index in [1.165, 1.54) is 25.7 Å². The molecule has 2 aromatic rings. The fraction of sp³-hybridized carbons (Fsp3) is 0.444. The van der Waals surface area contributed by atoms with E-state index in [9.17, 15) is 0 Å². The molecule has 0 saturated heterocycles. The van der Waals surface area contributed by atoms with Gasteiger partial charge in [0.2, 0.25) is 5.95 Å². The van der Waals surface area contributed by atoms with Crippen molar-refractivity contribution < 1.29 is 0 Å². The maximum absolute atomic E-state index is 6.21. The summed E-state index contributed by atoms with van der Waals surface area (Å²) in [7, 11) is 0. The van der Waals surface area contributed by atoms with Crippen LogP contribution in [0.1, 0.15) is 36.9 Å². The third kappa shape index (κ3) is 4.74. The average Bonchev–Trinajstić information content (AvgIpc) is 3.02. The second-order valence-corrected chi connectivity index (χ2v) is 7.10. The first-order valence-corrected chi connectivity index (χ1v) is 9.16. The molecule has 24 heavy (non-hydrogen) atoms. The monoisotopic (exact) mass is 364 g/mol. The number of aromatic nitrogens is 2. The molecule has 0 aliphatic heterocycles. The largest absolute Gasteiger partial charge is 0.370 e. The highest BCUT2D eigenvalue weighted by Gasteiger charge is 2.16. The Morgan fingerprint density at radius 3 is 2.67 bits per heavy atom. The molecule has 1 aromatic carbocycles. The van der Waals surface area contributed by atoms with Crippen molar-refractivity contribution in [1.29, 1.82) is 0 Å². The van der Waals surface area contributed by atoms with E-state index < -0.39 is 0 Å². The minimum absolute atomic E-state index is 0.507. The molecule has 0 radical (unpaired) electrons. The van der Waals surface area contributed by atoms with E-state index in [2.05, 4.69) is 20.6 Å². The second kappa shape index (κ2) is 8.04. The molecule has 0 unspecified atom stereocenters. The van der Waals surface area contributed by atoms with E-state index in [-0.39, 0.29) is 0 Å². The zero-order valence-electron chi connectivity index (χ0n) is 13.8. The van der Waals surface area contributed by atoms with Crippen molar-refractivity contribution in [2.45, 2.75) is 45.1 Å². The highest BCUT2D eigenvalue weighted by molar-refractivity contribution is 6.35. The lowest BCUT2D eigenvalue weighted by molar-refractivity contribution is 0.743. The van der Waals surface area contributed by atoms with Crippen molar-refractivity contribution in [3.63, 3.8) is 0 Å². The van der Waals surface area contributed by atoms with Crippen LogP contribution >= 0.6 is 23.2 Å². The third-order valence-corrected chi connectivity index (χ3v) is 4.85. The Labute approximate surface area is 153 Å². The molecule has 2 N–H and O–H groups in total. The fourth-order valence-electron chi connectivity index (χ4n) is 3.03. The van der Waals surface area contributed by atoms with Crippen LogP contribution in [0.2, 0.25) is 10.0 Å². The summed E-state index contributed by atoms with van der Waals surface area (Å²) in [6.07, 6.45) is 5.79. The van der Waals surface area contributed by atoms with E-state index in [0.29, 0.717) is 22.0 Å². The Balaban J connectivity index is 1.59. The van der Waals surface area contributed by atoms with E-state index in [1.807, 2.05) is 25.1 Å². The van der Waals surface area contributed by atoms with Gasteiger partial charge in [-0.15, -0.1) is 0 Å². The predicted molar refractivity (Wildman–Crippen MR) is 101 cm³/mol. The topological polar surface area (TPSA) is 49.8 Å². The molecular formula is C18H22Cl2N4. The van der Waals surface area contributed by atoms with Gasteiger partial charge in [0.1, 0.15) is 5.82 Å². The van der Waals surface area contributed by atoms with Crippen molar-refractivity contribution in [2.75, 3.05) is 17.2 Å². The first-order chi connectivity index (χ1) is 11.6. The Morgan fingerprint density at radius 1 is 1.12 bits per heavy atom. The van der Waals surface area contributed by atoms with Crippen molar-refractivity contribution in [3.05, 3.63) is 45.6 Å². The Kier molecular flexibility index (Phi) is 5.80. The van der Waals surface area contributed by atoms with Gasteiger partial charge in [0, 0.05) is 34.4 Å². The summed E-state index contributed by atoms with van der Waals surface area (Å²) < 4.78 is 0. The van der Waals surface area contributed by atoms with Gasteiger partial charge in [-0.3, -0.25) is 0 Å². The van der Waals surface area contributed by atoms with Crippen LogP contribution in [0.3, 0.4) is 0 Å².